The molecule has 12 heteroatoms. The highest BCUT2D eigenvalue weighted by molar-refractivity contribution is 5.95. The third-order valence-corrected chi connectivity index (χ3v) is 7.21. The maximum absolute atomic E-state index is 12.5. The van der Waals surface area contributed by atoms with E-state index in [2.05, 4.69) is 33.1 Å². The van der Waals surface area contributed by atoms with E-state index in [1.165, 1.54) is 4.90 Å². The van der Waals surface area contributed by atoms with E-state index in [0.29, 0.717) is 49.3 Å². The van der Waals surface area contributed by atoms with Gasteiger partial charge in [-0.1, -0.05) is 24.3 Å². The van der Waals surface area contributed by atoms with Crippen molar-refractivity contribution >= 4 is 23.6 Å². The summed E-state index contributed by atoms with van der Waals surface area (Å²) in [4.78, 5) is 34.7. The molecular formula is C29H32N6O6. The van der Waals surface area contributed by atoms with Gasteiger partial charge in [0.1, 0.15) is 24.1 Å². The summed E-state index contributed by atoms with van der Waals surface area (Å²) in [5.74, 6) is 1.49. The molecule has 3 aliphatic rings. The van der Waals surface area contributed by atoms with Gasteiger partial charge >= 0.3 is 6.09 Å². The number of methoxy groups -OCH3 is 1. The highest BCUT2D eigenvalue weighted by Crippen LogP contribution is 2.30. The van der Waals surface area contributed by atoms with Crippen LogP contribution >= 0.6 is 0 Å². The minimum absolute atomic E-state index is 0.00491. The lowest BCUT2D eigenvalue weighted by molar-refractivity contribution is -0.118. The number of carbonyl (C=O) groups is 2. The van der Waals surface area contributed by atoms with Crippen molar-refractivity contribution in [2.45, 2.75) is 31.3 Å². The molecule has 1 aromatic carbocycles. The molecule has 0 saturated carbocycles. The van der Waals surface area contributed by atoms with Gasteiger partial charge in [-0.15, -0.1) is 0 Å². The van der Waals surface area contributed by atoms with Crippen LogP contribution in [0.1, 0.15) is 12.0 Å². The zero-order chi connectivity index (χ0) is 28.2. The van der Waals surface area contributed by atoms with Crippen LogP contribution in [-0.4, -0.2) is 80.2 Å². The molecule has 0 bridgehead atoms. The van der Waals surface area contributed by atoms with Crippen LogP contribution in [0.25, 0.3) is 11.3 Å². The number of fused-ring (bicyclic) bond motifs is 1. The molecule has 3 atom stereocenters. The summed E-state index contributed by atoms with van der Waals surface area (Å²) in [7, 11) is 1.69. The van der Waals surface area contributed by atoms with Crippen LogP contribution < -0.4 is 30.3 Å². The molecule has 2 aromatic heterocycles. The lowest BCUT2D eigenvalue weighted by Crippen LogP contribution is -2.31. The second kappa shape index (κ2) is 12.1. The molecule has 6 rings (SSSR count). The Morgan fingerprint density at radius 1 is 1.07 bits per heavy atom. The predicted molar refractivity (Wildman–Crippen MR) is 150 cm³/mol. The predicted octanol–water partition coefficient (Wildman–Crippen LogP) is 2.35. The van der Waals surface area contributed by atoms with E-state index in [9.17, 15) is 9.59 Å². The number of rotatable bonds is 10. The quantitative estimate of drug-likeness (QED) is 0.317. The summed E-state index contributed by atoms with van der Waals surface area (Å²) in [6.45, 7) is 3.14. The Morgan fingerprint density at radius 3 is 2.85 bits per heavy atom. The number of aromatic nitrogens is 2. The van der Waals surface area contributed by atoms with E-state index in [-0.39, 0.29) is 30.8 Å². The summed E-state index contributed by atoms with van der Waals surface area (Å²) in [5.41, 5.74) is 2.95. The fourth-order valence-electron chi connectivity index (χ4n) is 5.08. The lowest BCUT2D eigenvalue weighted by Gasteiger charge is -2.19. The van der Waals surface area contributed by atoms with Crippen molar-refractivity contribution in [3.8, 4) is 22.9 Å². The summed E-state index contributed by atoms with van der Waals surface area (Å²) < 4.78 is 22.5. The number of carbonyl (C=O) groups excluding carboxylic acids is 2. The molecule has 2 amide bonds. The van der Waals surface area contributed by atoms with Gasteiger partial charge in [-0.05, 0) is 42.8 Å². The number of benzene rings is 1. The average molecular weight is 561 g/mol. The third kappa shape index (κ3) is 6.24. The van der Waals surface area contributed by atoms with Gasteiger partial charge in [0.25, 0.3) is 5.91 Å². The lowest BCUT2D eigenvalue weighted by atomic mass is 10.1. The average Bonchev–Trinajstić information content (AvgIpc) is 3.60. The summed E-state index contributed by atoms with van der Waals surface area (Å²) in [6.07, 6.45) is -0.156. The van der Waals surface area contributed by atoms with Crippen LogP contribution in [0, 0.1) is 0 Å². The van der Waals surface area contributed by atoms with Gasteiger partial charge in [-0.2, -0.15) is 0 Å². The topological polar surface area (TPSA) is 136 Å². The molecular weight excluding hydrogens is 528 g/mol. The van der Waals surface area contributed by atoms with E-state index in [1.807, 2.05) is 30.3 Å². The molecule has 0 aliphatic carbocycles. The zero-order valence-electron chi connectivity index (χ0n) is 22.7. The number of anilines is 2. The monoisotopic (exact) mass is 560 g/mol. The van der Waals surface area contributed by atoms with Gasteiger partial charge in [0.2, 0.25) is 5.88 Å². The molecule has 3 N–H and O–H groups in total. The smallest absolute Gasteiger partial charge is 0.415 e. The van der Waals surface area contributed by atoms with Crippen LogP contribution in [0.2, 0.25) is 0 Å². The van der Waals surface area contributed by atoms with Crippen LogP contribution in [-0.2, 0) is 20.8 Å². The first kappa shape index (κ1) is 26.9. The second-order valence-electron chi connectivity index (χ2n) is 10.1. The standard InChI is InChI=1S/C29H32N6O6/c1-38-23-14-31-15-24(23)41-27-7-3-6-21(32-27)19-5-2-4-18(12-19)13-30-11-10-20-16-35(29(37)40-20)25-9-8-22-28(33-25)34-26(36)17-39-22/h2-9,12,20,23-24,30-31H,10-11,13-17H2,1H3,(H,33,34,36)/t20-,23?,24?/m0/s1. The van der Waals surface area contributed by atoms with E-state index in [4.69, 9.17) is 23.9 Å². The van der Waals surface area contributed by atoms with Gasteiger partial charge in [0.05, 0.1) is 12.2 Å². The number of hydrogen-bond acceptors (Lipinski definition) is 10. The Labute approximate surface area is 237 Å². The number of cyclic esters (lactones) is 1. The minimum atomic E-state index is -0.459. The van der Waals surface area contributed by atoms with Gasteiger partial charge < -0.3 is 34.9 Å². The summed E-state index contributed by atoms with van der Waals surface area (Å²) >= 11 is 0. The third-order valence-electron chi connectivity index (χ3n) is 7.21. The van der Waals surface area contributed by atoms with Crippen molar-refractivity contribution in [2.24, 2.45) is 0 Å². The second-order valence-corrected chi connectivity index (χ2v) is 10.1. The van der Waals surface area contributed by atoms with E-state index in [1.54, 1.807) is 19.2 Å². The summed E-state index contributed by atoms with van der Waals surface area (Å²) in [6, 6.07) is 17.4. The Morgan fingerprint density at radius 2 is 1.95 bits per heavy atom. The van der Waals surface area contributed by atoms with Gasteiger partial charge in [-0.3, -0.25) is 9.69 Å². The Balaban J connectivity index is 1.00. The number of hydrogen-bond donors (Lipinski definition) is 3. The largest absolute Gasteiger partial charge is 0.480 e. The summed E-state index contributed by atoms with van der Waals surface area (Å²) in [5, 5.41) is 9.38. The van der Waals surface area contributed by atoms with Crippen LogP contribution in [0.5, 0.6) is 11.6 Å². The number of nitrogens with one attached hydrogen (secondary N) is 3. The molecule has 2 unspecified atom stereocenters. The van der Waals surface area contributed by atoms with Crippen molar-refractivity contribution in [2.75, 3.05) is 50.1 Å². The first-order chi connectivity index (χ1) is 20.1. The number of pyridine rings is 2. The highest BCUT2D eigenvalue weighted by Gasteiger charge is 2.34. The van der Waals surface area contributed by atoms with Crippen molar-refractivity contribution < 1.29 is 28.5 Å². The van der Waals surface area contributed by atoms with Crippen molar-refractivity contribution in [3.05, 3.63) is 60.2 Å². The normalized spacial score (nSPS) is 21.7. The van der Waals surface area contributed by atoms with E-state index < -0.39 is 6.09 Å². The Hall–Kier alpha value is -4.26. The molecule has 3 aromatic rings. The van der Waals surface area contributed by atoms with Crippen LogP contribution in [0.15, 0.2) is 54.6 Å². The maximum atomic E-state index is 12.5. The number of ether oxygens (including phenoxy) is 4. The minimum Gasteiger partial charge on any atom is -0.480 e. The molecule has 41 heavy (non-hydrogen) atoms. The molecule has 0 radical (unpaired) electrons. The Bertz CT molecular complexity index is 1420. The number of amides is 2. The van der Waals surface area contributed by atoms with Gasteiger partial charge in [0, 0.05) is 38.4 Å². The van der Waals surface area contributed by atoms with Gasteiger partial charge in [-0.25, -0.2) is 14.8 Å². The molecule has 3 aliphatic heterocycles. The van der Waals surface area contributed by atoms with Crippen molar-refractivity contribution in [3.63, 3.8) is 0 Å². The van der Waals surface area contributed by atoms with Crippen molar-refractivity contribution in [1.29, 1.82) is 0 Å². The molecule has 12 nitrogen and oxygen atoms in total. The molecule has 214 valence electrons. The molecule has 2 saturated heterocycles. The first-order valence-electron chi connectivity index (χ1n) is 13.6. The van der Waals surface area contributed by atoms with Crippen molar-refractivity contribution in [1.82, 2.24) is 20.6 Å². The van der Waals surface area contributed by atoms with Gasteiger partial charge in [0.15, 0.2) is 18.2 Å². The maximum Gasteiger partial charge on any atom is 0.415 e. The van der Waals surface area contributed by atoms with E-state index in [0.717, 1.165) is 29.9 Å². The molecule has 0 spiro atoms. The Kier molecular flexibility index (Phi) is 7.94. The fraction of sp³-hybridized carbons (Fsp3) is 0.379. The van der Waals surface area contributed by atoms with Crippen LogP contribution in [0.3, 0.4) is 0 Å². The first-order valence-corrected chi connectivity index (χ1v) is 13.6. The SMILES string of the molecule is COC1CNCC1Oc1cccc(-c2cccc(CNCC[C@H]3CN(c4ccc5c(n4)NC(=O)CO5)C(=O)O3)c2)n1. The molecule has 2 fully saturated rings. The molecule has 5 heterocycles. The highest BCUT2D eigenvalue weighted by atomic mass is 16.6. The van der Waals surface area contributed by atoms with E-state index >= 15 is 0 Å². The number of nitrogens with zero attached hydrogens (tertiary/aromatic N) is 3. The fourth-order valence-corrected chi connectivity index (χ4v) is 5.08. The van der Waals surface area contributed by atoms with Crippen LogP contribution in [0.4, 0.5) is 16.4 Å². The zero-order valence-corrected chi connectivity index (χ0v) is 22.7.